The number of ether oxygens (including phenoxy) is 2. The molecule has 3 aromatic carbocycles. The Morgan fingerprint density at radius 3 is 2.51 bits per heavy atom. The number of anilines is 1. The number of halogens is 3. The fourth-order valence-electron chi connectivity index (χ4n) is 3.45. The van der Waals surface area contributed by atoms with Crippen LogP contribution in [0.3, 0.4) is 0 Å². The van der Waals surface area contributed by atoms with Gasteiger partial charge in [-0.15, -0.1) is 0 Å². The summed E-state index contributed by atoms with van der Waals surface area (Å²) in [6, 6.07) is 17.3. The van der Waals surface area contributed by atoms with Gasteiger partial charge in [0, 0.05) is 5.69 Å². The number of benzene rings is 3. The smallest absolute Gasteiger partial charge is 0.260 e. The highest BCUT2D eigenvalue weighted by molar-refractivity contribution is 9.10. The first-order chi connectivity index (χ1) is 16.9. The fraction of sp³-hybridized carbons (Fsp3) is 0.192. The van der Waals surface area contributed by atoms with Crippen LogP contribution in [-0.4, -0.2) is 18.5 Å². The first kappa shape index (κ1) is 25.8. The third kappa shape index (κ3) is 6.47. The summed E-state index contributed by atoms with van der Waals surface area (Å²) in [7, 11) is 1.57. The zero-order chi connectivity index (χ0) is 24.9. The van der Waals surface area contributed by atoms with E-state index in [2.05, 4.69) is 45.6 Å². The van der Waals surface area contributed by atoms with Crippen LogP contribution in [0, 0.1) is 0 Å². The van der Waals surface area contributed by atoms with Crippen molar-refractivity contribution in [1.82, 2.24) is 5.32 Å². The fourth-order valence-corrected chi connectivity index (χ4v) is 5.33. The second-order valence-corrected chi connectivity index (χ2v) is 10.6. The van der Waals surface area contributed by atoms with Gasteiger partial charge in [-0.25, -0.2) is 0 Å². The average molecular weight is 594 g/mol. The Kier molecular flexibility index (Phi) is 8.55. The second kappa shape index (κ2) is 11.6. The highest BCUT2D eigenvalue weighted by atomic mass is 79.9. The molecule has 1 atom stereocenters. The third-order valence-electron chi connectivity index (χ3n) is 5.31. The number of rotatable bonds is 8. The lowest BCUT2D eigenvalue weighted by atomic mass is 10.1. The third-order valence-corrected chi connectivity index (χ3v) is 7.66. The summed E-state index contributed by atoms with van der Waals surface area (Å²) < 4.78 is 12.3. The van der Waals surface area contributed by atoms with E-state index in [1.54, 1.807) is 19.2 Å². The van der Waals surface area contributed by atoms with Crippen LogP contribution in [-0.2, 0) is 17.8 Å². The van der Waals surface area contributed by atoms with Gasteiger partial charge in [0.2, 0.25) is 0 Å². The van der Waals surface area contributed by atoms with Crippen LogP contribution in [0.15, 0.2) is 64.0 Å². The van der Waals surface area contributed by atoms with E-state index in [9.17, 15) is 4.79 Å². The molecule has 1 aliphatic heterocycles. The number of methoxy groups -OCH3 is 1. The van der Waals surface area contributed by atoms with Crippen molar-refractivity contribution in [3.8, 4) is 11.5 Å². The molecule has 9 heteroatoms. The lowest BCUT2D eigenvalue weighted by Gasteiger charge is -2.14. The predicted molar refractivity (Wildman–Crippen MR) is 148 cm³/mol. The van der Waals surface area contributed by atoms with Crippen LogP contribution in [0.4, 0.5) is 5.69 Å². The summed E-state index contributed by atoms with van der Waals surface area (Å²) in [5, 5.41) is 7.26. The Morgan fingerprint density at radius 2 is 1.83 bits per heavy atom. The van der Waals surface area contributed by atoms with Crippen LogP contribution in [0.1, 0.15) is 23.6 Å². The normalized spacial score (nSPS) is 16.3. The molecule has 1 fully saturated rings. The van der Waals surface area contributed by atoms with Gasteiger partial charge >= 0.3 is 0 Å². The minimum atomic E-state index is -0.250. The Bertz CT molecular complexity index is 1270. The Morgan fingerprint density at radius 1 is 1.09 bits per heavy atom. The molecule has 1 amide bonds. The number of amides is 1. The van der Waals surface area contributed by atoms with Crippen LogP contribution < -0.4 is 20.1 Å². The molecule has 1 saturated heterocycles. The molecule has 2 N–H and O–H groups in total. The van der Waals surface area contributed by atoms with Crippen molar-refractivity contribution in [3.05, 3.63) is 90.7 Å². The molecule has 5 nitrogen and oxygen atoms in total. The number of carbonyl (C=O) groups excluding carboxylic acids is 1. The summed E-state index contributed by atoms with van der Waals surface area (Å²) in [5.74, 6) is 0.965. The van der Waals surface area contributed by atoms with Gasteiger partial charge in [0.05, 0.1) is 26.5 Å². The van der Waals surface area contributed by atoms with Crippen molar-refractivity contribution < 1.29 is 14.3 Å². The molecule has 0 aromatic heterocycles. The van der Waals surface area contributed by atoms with Crippen LogP contribution in [0.25, 0.3) is 6.08 Å². The van der Waals surface area contributed by atoms with E-state index >= 15 is 0 Å². The lowest BCUT2D eigenvalue weighted by molar-refractivity contribution is -0.116. The van der Waals surface area contributed by atoms with Gasteiger partial charge in [0.15, 0.2) is 17.0 Å². The van der Waals surface area contributed by atoms with Crippen molar-refractivity contribution in [3.63, 3.8) is 0 Å². The van der Waals surface area contributed by atoms with Gasteiger partial charge < -0.3 is 20.1 Å². The number of carbonyl (C=O) groups is 1. The molecule has 1 heterocycles. The van der Waals surface area contributed by atoms with E-state index in [-0.39, 0.29) is 18.0 Å². The molecule has 182 valence electrons. The number of hydrogen-bond donors (Lipinski definition) is 2. The molecule has 0 bridgehead atoms. The first-order valence-electron chi connectivity index (χ1n) is 10.8. The van der Waals surface area contributed by atoms with Crippen molar-refractivity contribution in [2.75, 3.05) is 12.4 Å². The lowest BCUT2D eigenvalue weighted by Crippen LogP contribution is -2.30. The molecule has 0 aliphatic carbocycles. The second-order valence-electron chi connectivity index (χ2n) is 7.75. The summed E-state index contributed by atoms with van der Waals surface area (Å²) in [4.78, 5) is 13.2. The topological polar surface area (TPSA) is 59.6 Å². The summed E-state index contributed by atoms with van der Waals surface area (Å²) in [5.41, 5.74) is 3.65. The molecular weight excluding hydrogens is 571 g/mol. The minimum absolute atomic E-state index is 0.132. The molecule has 0 radical (unpaired) electrons. The van der Waals surface area contributed by atoms with Crippen molar-refractivity contribution >= 4 is 68.6 Å². The van der Waals surface area contributed by atoms with Gasteiger partial charge in [-0.3, -0.25) is 4.79 Å². The van der Waals surface area contributed by atoms with E-state index in [1.165, 1.54) is 17.3 Å². The van der Waals surface area contributed by atoms with Crippen LogP contribution >= 0.6 is 50.9 Å². The summed E-state index contributed by atoms with van der Waals surface area (Å²) >= 11 is 17.1. The van der Waals surface area contributed by atoms with Crippen LogP contribution in [0.5, 0.6) is 11.5 Å². The van der Waals surface area contributed by atoms with Crippen molar-refractivity contribution in [2.45, 2.75) is 25.4 Å². The molecular formula is C26H23BrCl2N2O3S. The molecule has 35 heavy (non-hydrogen) atoms. The van der Waals surface area contributed by atoms with Crippen molar-refractivity contribution in [1.29, 1.82) is 0 Å². The molecule has 3 aromatic rings. The van der Waals surface area contributed by atoms with E-state index in [0.717, 1.165) is 23.2 Å². The van der Waals surface area contributed by atoms with Gasteiger partial charge in [-0.2, -0.15) is 0 Å². The van der Waals surface area contributed by atoms with Crippen LogP contribution in [0.2, 0.25) is 10.0 Å². The highest BCUT2D eigenvalue weighted by Crippen LogP contribution is 2.39. The van der Waals surface area contributed by atoms with E-state index in [4.69, 9.17) is 32.7 Å². The average Bonchev–Trinajstić information content (AvgIpc) is 3.18. The van der Waals surface area contributed by atoms with E-state index < -0.39 is 0 Å². The maximum Gasteiger partial charge on any atom is 0.260 e. The summed E-state index contributed by atoms with van der Waals surface area (Å²) in [6.45, 7) is 2.41. The molecule has 0 unspecified atom stereocenters. The van der Waals surface area contributed by atoms with E-state index in [1.807, 2.05) is 36.4 Å². The minimum Gasteiger partial charge on any atom is -0.493 e. The predicted octanol–water partition coefficient (Wildman–Crippen LogP) is 7.51. The standard InChI is InChI=1S/C26H23BrCl2N2O3S/c1-3-15-4-7-18(8-5-15)30-26-31-25(32)23(35-26)13-17-10-19(27)24(22(12-17)33-2)34-14-16-6-9-20(28)21(29)11-16/h4-13,26,30H,3,14H2,1-2H3,(H,31,32)/b23-13-/t26-/m1/s1. The van der Waals surface area contributed by atoms with Crippen molar-refractivity contribution in [2.24, 2.45) is 0 Å². The zero-order valence-corrected chi connectivity index (χ0v) is 22.9. The SMILES string of the molecule is CCc1ccc(N[C@@H]2NC(=O)/C(=C/c3cc(Br)c(OCc4ccc(Cl)c(Cl)c4)c(OC)c3)S2)cc1. The molecule has 1 aliphatic rings. The molecule has 4 rings (SSSR count). The monoisotopic (exact) mass is 592 g/mol. The zero-order valence-electron chi connectivity index (χ0n) is 19.0. The van der Waals surface area contributed by atoms with Gasteiger partial charge in [0.25, 0.3) is 5.91 Å². The summed E-state index contributed by atoms with van der Waals surface area (Å²) in [6.07, 6.45) is 2.82. The van der Waals surface area contributed by atoms with Gasteiger partial charge in [0.1, 0.15) is 6.61 Å². The number of thioether (sulfide) groups is 1. The van der Waals surface area contributed by atoms with E-state index in [0.29, 0.717) is 30.9 Å². The maximum absolute atomic E-state index is 12.6. The Labute approximate surface area is 227 Å². The quantitative estimate of drug-likeness (QED) is 0.265. The maximum atomic E-state index is 12.6. The number of aryl methyl sites for hydroxylation is 1. The van der Waals surface area contributed by atoms with Gasteiger partial charge in [-0.05, 0) is 81.5 Å². The largest absolute Gasteiger partial charge is 0.493 e. The Hall–Kier alpha value is -2.32. The van der Waals surface area contributed by atoms with Gasteiger partial charge in [-0.1, -0.05) is 60.1 Å². The molecule has 0 saturated carbocycles. The Balaban J connectivity index is 1.47. The first-order valence-corrected chi connectivity index (χ1v) is 13.3. The highest BCUT2D eigenvalue weighted by Gasteiger charge is 2.27. The molecule has 0 spiro atoms. The number of nitrogens with one attached hydrogen (secondary N) is 2. The number of hydrogen-bond acceptors (Lipinski definition) is 5.